The van der Waals surface area contributed by atoms with Gasteiger partial charge in [-0.3, -0.25) is 0 Å². The molecule has 1 aliphatic rings. The Kier molecular flexibility index (Phi) is 4.87. The third-order valence-electron chi connectivity index (χ3n) is 3.85. The molecule has 0 bridgehead atoms. The number of hydrogen-bond acceptors (Lipinski definition) is 2. The first-order valence-corrected chi connectivity index (χ1v) is 7.58. The molecule has 1 N–H and O–H groups in total. The standard InChI is InChI=1S/C17H27NO/c1-12(2)7-9-18-16-8-10-19-17-6-5-14(13(3)4)11-15(16)17/h5-6,11-13,16,18H,7-10H2,1-4H3. The van der Waals surface area contributed by atoms with Crippen molar-refractivity contribution in [3.63, 3.8) is 0 Å². The quantitative estimate of drug-likeness (QED) is 0.854. The highest BCUT2D eigenvalue weighted by molar-refractivity contribution is 5.41. The predicted molar refractivity (Wildman–Crippen MR) is 80.8 cm³/mol. The summed E-state index contributed by atoms with van der Waals surface area (Å²) in [4.78, 5) is 0. The maximum Gasteiger partial charge on any atom is 0.124 e. The zero-order valence-corrected chi connectivity index (χ0v) is 12.7. The molecular formula is C17H27NO. The highest BCUT2D eigenvalue weighted by Crippen LogP contribution is 2.34. The van der Waals surface area contributed by atoms with Crippen molar-refractivity contribution in [2.24, 2.45) is 5.92 Å². The molecule has 1 heterocycles. The number of ether oxygens (including phenoxy) is 1. The second-order valence-electron chi connectivity index (χ2n) is 6.28. The van der Waals surface area contributed by atoms with Gasteiger partial charge in [0.2, 0.25) is 0 Å². The molecule has 1 unspecified atom stereocenters. The Balaban J connectivity index is 2.10. The Bertz CT molecular complexity index is 412. The van der Waals surface area contributed by atoms with Crippen LogP contribution in [0.1, 0.15) is 63.6 Å². The molecule has 0 saturated heterocycles. The summed E-state index contributed by atoms with van der Waals surface area (Å²) in [6.45, 7) is 11.0. The van der Waals surface area contributed by atoms with Gasteiger partial charge < -0.3 is 10.1 Å². The summed E-state index contributed by atoms with van der Waals surface area (Å²) >= 11 is 0. The minimum Gasteiger partial charge on any atom is -0.493 e. The third kappa shape index (κ3) is 3.73. The van der Waals surface area contributed by atoms with E-state index < -0.39 is 0 Å². The van der Waals surface area contributed by atoms with Gasteiger partial charge in [-0.15, -0.1) is 0 Å². The van der Waals surface area contributed by atoms with Crippen molar-refractivity contribution in [2.45, 2.75) is 52.5 Å². The maximum atomic E-state index is 5.78. The Morgan fingerprint density at radius 3 is 2.74 bits per heavy atom. The van der Waals surface area contributed by atoms with Crippen molar-refractivity contribution < 1.29 is 4.74 Å². The molecule has 0 spiro atoms. The maximum absolute atomic E-state index is 5.78. The zero-order chi connectivity index (χ0) is 13.8. The van der Waals surface area contributed by atoms with Crippen LogP contribution in [0, 0.1) is 5.92 Å². The average Bonchev–Trinajstić information content (AvgIpc) is 2.38. The van der Waals surface area contributed by atoms with Gasteiger partial charge in [-0.2, -0.15) is 0 Å². The summed E-state index contributed by atoms with van der Waals surface area (Å²) in [7, 11) is 0. The third-order valence-corrected chi connectivity index (χ3v) is 3.85. The minimum absolute atomic E-state index is 0.459. The van der Waals surface area contributed by atoms with E-state index in [1.54, 1.807) is 0 Å². The summed E-state index contributed by atoms with van der Waals surface area (Å²) in [5.41, 5.74) is 2.75. The van der Waals surface area contributed by atoms with E-state index in [9.17, 15) is 0 Å². The molecule has 0 saturated carbocycles. The summed E-state index contributed by atoms with van der Waals surface area (Å²) in [6.07, 6.45) is 2.31. The smallest absolute Gasteiger partial charge is 0.124 e. The first-order valence-electron chi connectivity index (χ1n) is 7.58. The van der Waals surface area contributed by atoms with Crippen molar-refractivity contribution in [3.05, 3.63) is 29.3 Å². The highest BCUT2D eigenvalue weighted by Gasteiger charge is 2.21. The molecule has 2 nitrogen and oxygen atoms in total. The lowest BCUT2D eigenvalue weighted by atomic mass is 9.94. The molecule has 0 aliphatic carbocycles. The molecule has 0 radical (unpaired) electrons. The van der Waals surface area contributed by atoms with Crippen molar-refractivity contribution in [1.82, 2.24) is 5.32 Å². The number of hydrogen-bond donors (Lipinski definition) is 1. The van der Waals surface area contributed by atoms with Crippen molar-refractivity contribution in [1.29, 1.82) is 0 Å². The van der Waals surface area contributed by atoms with E-state index in [1.165, 1.54) is 17.5 Å². The molecule has 1 aliphatic heterocycles. The fraction of sp³-hybridized carbons (Fsp3) is 0.647. The van der Waals surface area contributed by atoms with Gasteiger partial charge in [0.05, 0.1) is 6.61 Å². The van der Waals surface area contributed by atoms with Gasteiger partial charge in [-0.1, -0.05) is 39.8 Å². The highest BCUT2D eigenvalue weighted by atomic mass is 16.5. The molecule has 106 valence electrons. The van der Waals surface area contributed by atoms with Crippen LogP contribution in [-0.2, 0) is 0 Å². The normalized spacial score (nSPS) is 18.5. The molecule has 0 amide bonds. The van der Waals surface area contributed by atoms with Crippen LogP contribution in [0.2, 0.25) is 0 Å². The van der Waals surface area contributed by atoms with E-state index in [4.69, 9.17) is 4.74 Å². The van der Waals surface area contributed by atoms with Crippen LogP contribution in [0.25, 0.3) is 0 Å². The van der Waals surface area contributed by atoms with E-state index >= 15 is 0 Å². The van der Waals surface area contributed by atoms with Crippen molar-refractivity contribution >= 4 is 0 Å². The molecule has 2 rings (SSSR count). The summed E-state index contributed by atoms with van der Waals surface area (Å²) in [6, 6.07) is 7.12. The Morgan fingerprint density at radius 2 is 2.05 bits per heavy atom. The van der Waals surface area contributed by atoms with Crippen molar-refractivity contribution in [3.8, 4) is 5.75 Å². The van der Waals surface area contributed by atoms with E-state index in [1.807, 2.05) is 0 Å². The molecule has 1 atom stereocenters. The molecule has 19 heavy (non-hydrogen) atoms. The van der Waals surface area contributed by atoms with Crippen LogP contribution >= 0.6 is 0 Å². The van der Waals surface area contributed by atoms with Crippen LogP contribution in [0.4, 0.5) is 0 Å². The van der Waals surface area contributed by atoms with E-state index in [2.05, 4.69) is 51.2 Å². The molecule has 0 fully saturated rings. The molecule has 1 aromatic carbocycles. The predicted octanol–water partition coefficient (Wildman–Crippen LogP) is 4.27. The molecule has 2 heteroatoms. The second-order valence-corrected chi connectivity index (χ2v) is 6.28. The fourth-order valence-corrected chi connectivity index (χ4v) is 2.53. The average molecular weight is 261 g/mol. The van der Waals surface area contributed by atoms with Crippen LogP contribution in [0.3, 0.4) is 0 Å². The SMILES string of the molecule is CC(C)CCNC1CCOc2ccc(C(C)C)cc21. The monoisotopic (exact) mass is 261 g/mol. The van der Waals surface area contributed by atoms with E-state index in [-0.39, 0.29) is 0 Å². The first kappa shape index (κ1) is 14.4. The lowest BCUT2D eigenvalue weighted by molar-refractivity contribution is 0.251. The summed E-state index contributed by atoms with van der Waals surface area (Å²) < 4.78 is 5.78. The summed E-state index contributed by atoms with van der Waals surface area (Å²) in [5.74, 6) is 2.40. The Hall–Kier alpha value is -1.02. The minimum atomic E-state index is 0.459. The first-order chi connectivity index (χ1) is 9.08. The molecular weight excluding hydrogens is 234 g/mol. The van der Waals surface area contributed by atoms with Gasteiger partial charge in [0.1, 0.15) is 5.75 Å². The van der Waals surface area contributed by atoms with E-state index in [0.29, 0.717) is 12.0 Å². The second kappa shape index (κ2) is 6.42. The Labute approximate surface area is 117 Å². The van der Waals surface area contributed by atoms with Gasteiger partial charge in [0, 0.05) is 18.0 Å². The van der Waals surface area contributed by atoms with Gasteiger partial charge in [0.15, 0.2) is 0 Å². The largest absolute Gasteiger partial charge is 0.493 e. The lowest BCUT2D eigenvalue weighted by Gasteiger charge is -2.28. The van der Waals surface area contributed by atoms with Gasteiger partial charge in [0.25, 0.3) is 0 Å². The topological polar surface area (TPSA) is 21.3 Å². The number of nitrogens with one attached hydrogen (secondary N) is 1. The van der Waals surface area contributed by atoms with Crippen molar-refractivity contribution in [2.75, 3.05) is 13.2 Å². The van der Waals surface area contributed by atoms with Gasteiger partial charge in [-0.05, 0) is 36.4 Å². The van der Waals surface area contributed by atoms with Gasteiger partial charge in [-0.25, -0.2) is 0 Å². The van der Waals surface area contributed by atoms with Crippen LogP contribution in [0.5, 0.6) is 5.75 Å². The molecule has 0 aromatic heterocycles. The summed E-state index contributed by atoms with van der Waals surface area (Å²) in [5, 5.41) is 3.70. The molecule has 1 aromatic rings. The van der Waals surface area contributed by atoms with Crippen LogP contribution in [-0.4, -0.2) is 13.2 Å². The number of rotatable bonds is 5. The number of benzene rings is 1. The lowest BCUT2D eigenvalue weighted by Crippen LogP contribution is -2.28. The van der Waals surface area contributed by atoms with Crippen LogP contribution in [0.15, 0.2) is 18.2 Å². The fourth-order valence-electron chi connectivity index (χ4n) is 2.53. The number of fused-ring (bicyclic) bond motifs is 1. The van der Waals surface area contributed by atoms with E-state index in [0.717, 1.165) is 31.2 Å². The zero-order valence-electron chi connectivity index (χ0n) is 12.7. The van der Waals surface area contributed by atoms with Gasteiger partial charge >= 0.3 is 0 Å². The Morgan fingerprint density at radius 1 is 1.26 bits per heavy atom. The van der Waals surface area contributed by atoms with Crippen LogP contribution < -0.4 is 10.1 Å².